The number of H-pyrrole nitrogens is 1. The Hall–Kier alpha value is -2.11. The van der Waals surface area contributed by atoms with Crippen LogP contribution in [-0.2, 0) is 9.53 Å². The highest BCUT2D eigenvalue weighted by atomic mass is 16.5. The zero-order valence-electron chi connectivity index (χ0n) is 15.1. The van der Waals surface area contributed by atoms with Gasteiger partial charge in [0, 0.05) is 24.2 Å². The number of nitrogens with zero attached hydrogens (tertiary/aromatic N) is 1. The van der Waals surface area contributed by atoms with Crippen molar-refractivity contribution in [1.29, 1.82) is 0 Å². The van der Waals surface area contributed by atoms with Gasteiger partial charge in [-0.15, -0.1) is 0 Å². The molecule has 0 radical (unpaired) electrons. The molecule has 1 aliphatic carbocycles. The summed E-state index contributed by atoms with van der Waals surface area (Å²) in [5.74, 6) is -0.141. The third kappa shape index (κ3) is 3.52. The summed E-state index contributed by atoms with van der Waals surface area (Å²) in [6.07, 6.45) is 2.61. The number of carbonyl (C=O) groups excluding carboxylic acids is 3. The molecule has 0 spiro atoms. The van der Waals surface area contributed by atoms with Crippen molar-refractivity contribution in [2.24, 2.45) is 5.92 Å². The van der Waals surface area contributed by atoms with Gasteiger partial charge in [-0.25, -0.2) is 4.79 Å². The van der Waals surface area contributed by atoms with Crippen molar-refractivity contribution in [1.82, 2.24) is 9.88 Å². The van der Waals surface area contributed by atoms with Crippen molar-refractivity contribution in [3.8, 4) is 0 Å². The van der Waals surface area contributed by atoms with Crippen LogP contribution in [0.2, 0.25) is 0 Å². The van der Waals surface area contributed by atoms with Gasteiger partial charge in [-0.2, -0.15) is 0 Å². The first kappa shape index (κ1) is 18.2. The number of Topliss-reactive ketones (excluding diaryl/α,β-unsaturated/α-hetero) is 1. The van der Waals surface area contributed by atoms with E-state index in [1.165, 1.54) is 7.11 Å². The molecule has 132 valence electrons. The third-order valence-electron chi connectivity index (χ3n) is 4.69. The molecule has 0 saturated heterocycles. The maximum Gasteiger partial charge on any atom is 0.354 e. The molecule has 1 amide bonds. The van der Waals surface area contributed by atoms with E-state index in [0.29, 0.717) is 41.4 Å². The van der Waals surface area contributed by atoms with E-state index in [2.05, 4.69) is 4.98 Å². The second kappa shape index (κ2) is 7.20. The Labute approximate surface area is 142 Å². The third-order valence-corrected chi connectivity index (χ3v) is 4.69. The van der Waals surface area contributed by atoms with Crippen molar-refractivity contribution in [2.45, 2.75) is 53.0 Å². The molecule has 0 aromatic carbocycles. The van der Waals surface area contributed by atoms with E-state index < -0.39 is 12.0 Å². The molecule has 1 unspecified atom stereocenters. The minimum absolute atomic E-state index is 0.0122. The zero-order chi connectivity index (χ0) is 18.0. The fourth-order valence-corrected chi connectivity index (χ4v) is 3.03. The number of aromatic nitrogens is 1. The van der Waals surface area contributed by atoms with Crippen LogP contribution < -0.4 is 0 Å². The van der Waals surface area contributed by atoms with E-state index in [9.17, 15) is 14.4 Å². The number of rotatable bonds is 7. The van der Waals surface area contributed by atoms with Crippen LogP contribution >= 0.6 is 0 Å². The Bertz CT molecular complexity index is 658. The average Bonchev–Trinajstić information content (AvgIpc) is 3.34. The van der Waals surface area contributed by atoms with Crippen LogP contribution in [0.25, 0.3) is 0 Å². The van der Waals surface area contributed by atoms with E-state index in [1.54, 1.807) is 25.7 Å². The van der Waals surface area contributed by atoms with E-state index in [-0.39, 0.29) is 11.7 Å². The van der Waals surface area contributed by atoms with Gasteiger partial charge in [-0.3, -0.25) is 9.59 Å². The maximum absolute atomic E-state index is 13.0. The van der Waals surface area contributed by atoms with Crippen LogP contribution in [0, 0.1) is 19.8 Å². The van der Waals surface area contributed by atoms with Gasteiger partial charge in [0.2, 0.25) is 5.91 Å². The highest BCUT2D eigenvalue weighted by Crippen LogP contribution is 2.31. The van der Waals surface area contributed by atoms with E-state index in [0.717, 1.165) is 12.8 Å². The summed E-state index contributed by atoms with van der Waals surface area (Å²) < 4.78 is 4.74. The molecule has 24 heavy (non-hydrogen) atoms. The first-order chi connectivity index (χ1) is 11.3. The molecule has 0 bridgehead atoms. The topological polar surface area (TPSA) is 79.5 Å². The molecule has 1 atom stereocenters. The predicted molar refractivity (Wildman–Crippen MR) is 90.1 cm³/mol. The van der Waals surface area contributed by atoms with Gasteiger partial charge in [0.25, 0.3) is 0 Å². The normalized spacial score (nSPS) is 15.0. The smallest absolute Gasteiger partial charge is 0.354 e. The van der Waals surface area contributed by atoms with Gasteiger partial charge in [0.05, 0.1) is 13.2 Å². The SMILES string of the molecule is CCC(=O)N(CC1CC1)C(C)C(=O)c1c(C)[nH]c(C(=O)OC)c1C. The van der Waals surface area contributed by atoms with E-state index >= 15 is 0 Å². The number of aryl methyl sites for hydroxylation is 1. The van der Waals surface area contributed by atoms with Crippen LogP contribution in [0.3, 0.4) is 0 Å². The Morgan fingerprint density at radius 2 is 1.92 bits per heavy atom. The zero-order valence-corrected chi connectivity index (χ0v) is 15.1. The lowest BCUT2D eigenvalue weighted by atomic mass is 9.99. The lowest BCUT2D eigenvalue weighted by molar-refractivity contribution is -0.132. The van der Waals surface area contributed by atoms with Crippen molar-refractivity contribution < 1.29 is 19.1 Å². The second-order valence-corrected chi connectivity index (χ2v) is 6.50. The number of aromatic amines is 1. The highest BCUT2D eigenvalue weighted by molar-refractivity contribution is 6.06. The predicted octanol–water partition coefficient (Wildman–Crippen LogP) is 2.64. The van der Waals surface area contributed by atoms with Gasteiger partial charge in [0.1, 0.15) is 5.69 Å². The number of methoxy groups -OCH3 is 1. The molecule has 1 saturated carbocycles. The minimum atomic E-state index is -0.545. The molecule has 2 rings (SSSR count). The van der Waals surface area contributed by atoms with Gasteiger partial charge in [0.15, 0.2) is 5.78 Å². The van der Waals surface area contributed by atoms with Crippen LogP contribution in [0.1, 0.15) is 65.2 Å². The summed E-state index contributed by atoms with van der Waals surface area (Å²) in [5.41, 5.74) is 1.97. The summed E-state index contributed by atoms with van der Waals surface area (Å²) in [6.45, 7) is 7.68. The number of carbonyl (C=O) groups is 3. The molecular formula is C18H26N2O4. The first-order valence-electron chi connectivity index (χ1n) is 8.42. The molecule has 1 heterocycles. The average molecular weight is 334 g/mol. The van der Waals surface area contributed by atoms with Crippen molar-refractivity contribution >= 4 is 17.7 Å². The molecular weight excluding hydrogens is 308 g/mol. The fraction of sp³-hybridized carbons (Fsp3) is 0.611. The Balaban J connectivity index is 2.30. The highest BCUT2D eigenvalue weighted by Gasteiger charge is 2.34. The summed E-state index contributed by atoms with van der Waals surface area (Å²) in [4.78, 5) is 41.7. The standard InChI is InChI=1S/C18H26N2O4/c1-6-14(21)20(9-13-7-8-13)12(4)17(22)15-10(2)16(18(23)24-5)19-11(15)3/h12-13,19H,6-9H2,1-5H3. The largest absolute Gasteiger partial charge is 0.464 e. The second-order valence-electron chi connectivity index (χ2n) is 6.50. The molecule has 1 aromatic heterocycles. The lowest BCUT2D eigenvalue weighted by Gasteiger charge is -2.28. The number of amides is 1. The lowest BCUT2D eigenvalue weighted by Crippen LogP contribution is -2.44. The van der Waals surface area contributed by atoms with Crippen molar-refractivity contribution in [2.75, 3.05) is 13.7 Å². The minimum Gasteiger partial charge on any atom is -0.464 e. The molecule has 6 nitrogen and oxygen atoms in total. The molecule has 0 aliphatic heterocycles. The molecule has 1 aromatic rings. The molecule has 1 fully saturated rings. The van der Waals surface area contributed by atoms with Crippen LogP contribution in [0.5, 0.6) is 0 Å². The summed E-state index contributed by atoms with van der Waals surface area (Å²) in [5, 5.41) is 0. The number of ketones is 1. The molecule has 1 aliphatic rings. The monoisotopic (exact) mass is 334 g/mol. The van der Waals surface area contributed by atoms with Crippen molar-refractivity contribution in [3.05, 3.63) is 22.5 Å². The van der Waals surface area contributed by atoms with Crippen LogP contribution in [0.15, 0.2) is 0 Å². The number of hydrogen-bond donors (Lipinski definition) is 1. The number of hydrogen-bond acceptors (Lipinski definition) is 4. The van der Waals surface area contributed by atoms with Gasteiger partial charge in [-0.05, 0) is 45.1 Å². The Morgan fingerprint density at radius 3 is 2.42 bits per heavy atom. The maximum atomic E-state index is 13.0. The van der Waals surface area contributed by atoms with Gasteiger partial charge in [-0.1, -0.05) is 6.92 Å². The Kier molecular flexibility index (Phi) is 5.47. The summed E-state index contributed by atoms with van der Waals surface area (Å²) in [7, 11) is 1.30. The van der Waals surface area contributed by atoms with Gasteiger partial charge < -0.3 is 14.6 Å². The Morgan fingerprint density at radius 1 is 1.29 bits per heavy atom. The number of ether oxygens (including phenoxy) is 1. The number of nitrogens with one attached hydrogen (secondary N) is 1. The summed E-state index contributed by atoms with van der Waals surface area (Å²) in [6, 6.07) is -0.545. The molecule has 1 N–H and O–H groups in total. The van der Waals surface area contributed by atoms with Crippen molar-refractivity contribution in [3.63, 3.8) is 0 Å². The van der Waals surface area contributed by atoms with E-state index in [1.807, 2.05) is 6.92 Å². The van der Waals surface area contributed by atoms with Gasteiger partial charge >= 0.3 is 5.97 Å². The fourth-order valence-electron chi connectivity index (χ4n) is 3.03. The summed E-state index contributed by atoms with van der Waals surface area (Å²) >= 11 is 0. The molecule has 6 heteroatoms. The quantitative estimate of drug-likeness (QED) is 0.614. The van der Waals surface area contributed by atoms with Crippen LogP contribution in [-0.4, -0.2) is 47.2 Å². The van der Waals surface area contributed by atoms with E-state index in [4.69, 9.17) is 4.74 Å². The number of esters is 1. The first-order valence-corrected chi connectivity index (χ1v) is 8.42. The van der Waals surface area contributed by atoms with Crippen LogP contribution in [0.4, 0.5) is 0 Å².